The van der Waals surface area contributed by atoms with E-state index in [2.05, 4.69) is 11.8 Å². The van der Waals surface area contributed by atoms with Crippen molar-refractivity contribution in [1.29, 1.82) is 0 Å². The van der Waals surface area contributed by atoms with Crippen molar-refractivity contribution >= 4 is 17.5 Å². The molecule has 0 radical (unpaired) electrons. The Balaban J connectivity index is 1.90. The predicted octanol–water partition coefficient (Wildman–Crippen LogP) is 3.67. The summed E-state index contributed by atoms with van der Waals surface area (Å²) < 4.78 is 0. The lowest BCUT2D eigenvalue weighted by Crippen LogP contribution is -2.63. The Bertz CT molecular complexity index is 784. The van der Waals surface area contributed by atoms with Crippen LogP contribution >= 0.6 is 0 Å². The molecule has 1 amide bonds. The number of likely N-dealkylation sites (N-methyl/N-ethyl adjacent to an activating group) is 1. The Morgan fingerprint density at radius 1 is 1.33 bits per heavy atom. The molecule has 27 heavy (non-hydrogen) atoms. The van der Waals surface area contributed by atoms with Crippen LogP contribution in [0.2, 0.25) is 0 Å². The van der Waals surface area contributed by atoms with Gasteiger partial charge in [0.25, 0.3) is 5.91 Å². The van der Waals surface area contributed by atoms with E-state index in [4.69, 9.17) is 4.99 Å². The SMILES string of the molecule is C/C=C1\C(=N/C(C)CC(=O)c2ccccc2)N2CCC[C@@]2(CC)C(=O)N1C. The number of piperazine rings is 1. The van der Waals surface area contributed by atoms with Gasteiger partial charge in [-0.3, -0.25) is 14.6 Å². The van der Waals surface area contributed by atoms with Crippen LogP contribution in [0.1, 0.15) is 56.8 Å². The molecule has 3 rings (SSSR count). The first kappa shape index (κ1) is 19.3. The highest BCUT2D eigenvalue weighted by atomic mass is 16.2. The summed E-state index contributed by atoms with van der Waals surface area (Å²) in [4.78, 5) is 34.5. The fourth-order valence-corrected chi connectivity index (χ4v) is 4.36. The molecule has 5 nitrogen and oxygen atoms in total. The van der Waals surface area contributed by atoms with Gasteiger partial charge in [-0.2, -0.15) is 0 Å². The fraction of sp³-hybridized carbons (Fsp3) is 0.500. The summed E-state index contributed by atoms with van der Waals surface area (Å²) in [7, 11) is 1.83. The van der Waals surface area contributed by atoms with E-state index in [-0.39, 0.29) is 17.7 Å². The molecule has 144 valence electrons. The largest absolute Gasteiger partial charge is 0.340 e. The van der Waals surface area contributed by atoms with Crippen molar-refractivity contribution in [2.75, 3.05) is 13.6 Å². The maximum absolute atomic E-state index is 13.1. The maximum Gasteiger partial charge on any atom is 0.252 e. The quantitative estimate of drug-likeness (QED) is 0.746. The topological polar surface area (TPSA) is 53.0 Å². The van der Waals surface area contributed by atoms with E-state index in [1.807, 2.05) is 57.3 Å². The van der Waals surface area contributed by atoms with Crippen LogP contribution in [-0.4, -0.2) is 52.5 Å². The molecule has 0 aliphatic carbocycles. The van der Waals surface area contributed by atoms with Crippen molar-refractivity contribution in [3.8, 4) is 0 Å². The Hall–Kier alpha value is -2.43. The van der Waals surface area contributed by atoms with Gasteiger partial charge in [-0.25, -0.2) is 0 Å². The van der Waals surface area contributed by atoms with Crippen LogP contribution in [0, 0.1) is 0 Å². The number of fused-ring (bicyclic) bond motifs is 1. The van der Waals surface area contributed by atoms with Gasteiger partial charge >= 0.3 is 0 Å². The Morgan fingerprint density at radius 2 is 2.04 bits per heavy atom. The number of amides is 1. The summed E-state index contributed by atoms with van der Waals surface area (Å²) in [5.74, 6) is 1.10. The van der Waals surface area contributed by atoms with Crippen molar-refractivity contribution in [1.82, 2.24) is 9.80 Å². The third kappa shape index (κ3) is 3.31. The number of carbonyl (C=O) groups is 2. The molecule has 2 heterocycles. The summed E-state index contributed by atoms with van der Waals surface area (Å²) in [6.45, 7) is 6.82. The first-order valence-corrected chi connectivity index (χ1v) is 9.83. The molecule has 1 aromatic rings. The van der Waals surface area contributed by atoms with Gasteiger partial charge in [-0.05, 0) is 33.1 Å². The Labute approximate surface area is 161 Å². The number of aliphatic imine (C=N–C) groups is 1. The molecule has 2 aliphatic heterocycles. The van der Waals surface area contributed by atoms with Crippen LogP contribution < -0.4 is 0 Å². The molecule has 5 heteroatoms. The highest BCUT2D eigenvalue weighted by molar-refractivity contribution is 6.09. The molecule has 1 unspecified atom stereocenters. The minimum absolute atomic E-state index is 0.0953. The van der Waals surface area contributed by atoms with Crippen molar-refractivity contribution in [3.05, 3.63) is 47.7 Å². The molecule has 0 N–H and O–H groups in total. The van der Waals surface area contributed by atoms with Gasteiger partial charge in [-0.15, -0.1) is 0 Å². The van der Waals surface area contributed by atoms with Gasteiger partial charge in [0.15, 0.2) is 5.78 Å². The monoisotopic (exact) mass is 367 g/mol. The van der Waals surface area contributed by atoms with Gasteiger partial charge in [0.1, 0.15) is 11.4 Å². The zero-order valence-corrected chi connectivity index (χ0v) is 16.7. The number of ketones is 1. The highest BCUT2D eigenvalue weighted by Crippen LogP contribution is 2.40. The molecule has 2 atom stereocenters. The summed E-state index contributed by atoms with van der Waals surface area (Å²) in [5.41, 5.74) is 1.07. The Kier molecular flexibility index (Phi) is 5.49. The molecule has 1 aromatic carbocycles. The maximum atomic E-state index is 13.1. The van der Waals surface area contributed by atoms with Crippen LogP contribution in [0.15, 0.2) is 47.1 Å². The molecule has 2 fully saturated rings. The number of carbonyl (C=O) groups excluding carboxylic acids is 2. The van der Waals surface area contributed by atoms with Crippen LogP contribution in [0.4, 0.5) is 0 Å². The second-order valence-corrected chi connectivity index (χ2v) is 7.47. The minimum Gasteiger partial charge on any atom is -0.340 e. The standard InChI is InChI=1S/C22H29N3O2/c1-5-18-20(23-16(3)15-19(26)17-11-8-7-9-12-17)25-14-10-13-22(25,6-2)21(27)24(18)4/h5,7-9,11-12,16H,6,10,13-15H2,1-4H3/b18-5+,23-20+/t16?,22-/m0/s1. The van der Waals surface area contributed by atoms with Gasteiger partial charge in [0.05, 0.1) is 11.7 Å². The van der Waals surface area contributed by atoms with Crippen molar-refractivity contribution in [2.24, 2.45) is 4.99 Å². The van der Waals surface area contributed by atoms with Gasteiger partial charge in [0, 0.05) is 25.6 Å². The van der Waals surface area contributed by atoms with E-state index in [0.29, 0.717) is 6.42 Å². The first-order chi connectivity index (χ1) is 12.9. The molecule has 0 aromatic heterocycles. The second kappa shape index (κ2) is 7.67. The highest BCUT2D eigenvalue weighted by Gasteiger charge is 2.53. The normalized spacial score (nSPS) is 26.6. The van der Waals surface area contributed by atoms with E-state index in [0.717, 1.165) is 42.9 Å². The second-order valence-electron chi connectivity index (χ2n) is 7.47. The van der Waals surface area contributed by atoms with Crippen LogP contribution in [0.3, 0.4) is 0 Å². The molecular formula is C22H29N3O2. The van der Waals surface area contributed by atoms with Crippen molar-refractivity contribution < 1.29 is 9.59 Å². The third-order valence-electron chi connectivity index (χ3n) is 5.82. The van der Waals surface area contributed by atoms with Crippen molar-refractivity contribution in [3.63, 3.8) is 0 Å². The first-order valence-electron chi connectivity index (χ1n) is 9.83. The number of hydrogen-bond acceptors (Lipinski definition) is 3. The average Bonchev–Trinajstić information content (AvgIpc) is 3.12. The van der Waals surface area contributed by atoms with E-state index in [1.54, 1.807) is 4.90 Å². The lowest BCUT2D eigenvalue weighted by Gasteiger charge is -2.47. The zero-order valence-electron chi connectivity index (χ0n) is 16.7. The van der Waals surface area contributed by atoms with E-state index in [1.165, 1.54) is 0 Å². The summed E-state index contributed by atoms with van der Waals surface area (Å²) >= 11 is 0. The molecule has 0 bridgehead atoms. The van der Waals surface area contributed by atoms with E-state index >= 15 is 0 Å². The van der Waals surface area contributed by atoms with Crippen LogP contribution in [-0.2, 0) is 4.79 Å². The van der Waals surface area contributed by atoms with Gasteiger partial charge < -0.3 is 9.80 Å². The molecular weight excluding hydrogens is 338 g/mol. The fourth-order valence-electron chi connectivity index (χ4n) is 4.36. The van der Waals surface area contributed by atoms with E-state index in [9.17, 15) is 9.59 Å². The average molecular weight is 367 g/mol. The smallest absolute Gasteiger partial charge is 0.252 e. The number of rotatable bonds is 5. The van der Waals surface area contributed by atoms with Gasteiger partial charge in [-0.1, -0.05) is 43.3 Å². The molecule has 2 aliphatic rings. The minimum atomic E-state index is -0.483. The summed E-state index contributed by atoms with van der Waals surface area (Å²) in [6.07, 6.45) is 4.92. The van der Waals surface area contributed by atoms with Gasteiger partial charge in [0.2, 0.25) is 0 Å². The molecule has 2 saturated heterocycles. The number of allylic oxidation sites excluding steroid dienone is 1. The number of Topliss-reactive ketones (excluding diaryl/α,β-unsaturated/α-hetero) is 1. The number of benzene rings is 1. The summed E-state index contributed by atoms with van der Waals surface area (Å²) in [6, 6.07) is 9.20. The zero-order chi connectivity index (χ0) is 19.6. The number of nitrogens with zero attached hydrogens (tertiary/aromatic N) is 3. The van der Waals surface area contributed by atoms with Crippen LogP contribution in [0.5, 0.6) is 0 Å². The van der Waals surface area contributed by atoms with Crippen molar-refractivity contribution in [2.45, 2.75) is 58.0 Å². The molecule has 0 spiro atoms. The summed E-state index contributed by atoms with van der Waals surface area (Å²) in [5, 5.41) is 0. The lowest BCUT2D eigenvalue weighted by molar-refractivity contribution is -0.139. The third-order valence-corrected chi connectivity index (χ3v) is 5.82. The Morgan fingerprint density at radius 3 is 2.67 bits per heavy atom. The van der Waals surface area contributed by atoms with E-state index < -0.39 is 5.54 Å². The lowest BCUT2D eigenvalue weighted by atomic mass is 9.88. The van der Waals surface area contributed by atoms with Crippen LogP contribution in [0.25, 0.3) is 0 Å². The molecule has 0 saturated carbocycles. The number of hydrogen-bond donors (Lipinski definition) is 0. The number of amidine groups is 1. The predicted molar refractivity (Wildman–Crippen MR) is 108 cm³/mol.